The van der Waals surface area contributed by atoms with Crippen LogP contribution in [-0.4, -0.2) is 19.5 Å². The number of carbonyl (C=O) groups is 1. The summed E-state index contributed by atoms with van der Waals surface area (Å²) >= 11 is 0. The highest BCUT2D eigenvalue weighted by Gasteiger charge is 1.98. The molecule has 0 aromatic carbocycles. The highest BCUT2D eigenvalue weighted by atomic mass is 16.5. The molecule has 0 N–H and O–H groups in total. The lowest BCUT2D eigenvalue weighted by molar-refractivity contribution is -0.108. The number of rotatable bonds is 5. The minimum Gasteiger partial charge on any atom is -0.377 e. The van der Waals surface area contributed by atoms with Gasteiger partial charge in [-0.25, -0.2) is 0 Å². The van der Waals surface area contributed by atoms with Crippen molar-refractivity contribution in [3.8, 4) is 0 Å². The van der Waals surface area contributed by atoms with Crippen LogP contribution in [0.4, 0.5) is 0 Å². The predicted octanol–water partition coefficient (Wildman–Crippen LogP) is 1.17. The van der Waals surface area contributed by atoms with Gasteiger partial charge in [0.05, 0.1) is 6.10 Å². The Balaban J connectivity index is 3.30. The summed E-state index contributed by atoms with van der Waals surface area (Å²) in [6, 6.07) is 0. The Kier molecular flexibility index (Phi) is 5.12. The molecule has 0 aliphatic rings. The van der Waals surface area contributed by atoms with Gasteiger partial charge in [-0.2, -0.15) is 0 Å². The monoisotopic (exact) mass is 128 g/mol. The first-order chi connectivity index (χ1) is 4.35. The highest BCUT2D eigenvalue weighted by molar-refractivity contribution is 5.49. The first kappa shape index (κ1) is 8.37. The fourth-order valence-corrected chi connectivity index (χ4v) is 0.564. The van der Waals surface area contributed by atoms with Crippen LogP contribution >= 0.6 is 0 Å². The number of carbonyl (C=O) groups excluding carboxylic acids is 1. The van der Waals surface area contributed by atoms with Crippen molar-refractivity contribution < 1.29 is 9.53 Å². The molecule has 0 aliphatic carbocycles. The summed E-state index contributed by atoms with van der Waals surface area (Å²) in [4.78, 5) is 9.85. The van der Waals surface area contributed by atoms with Gasteiger partial charge in [0.1, 0.15) is 6.29 Å². The van der Waals surface area contributed by atoms with Gasteiger partial charge in [0.25, 0.3) is 0 Å². The zero-order valence-corrected chi connectivity index (χ0v) is 5.67. The zero-order chi connectivity index (χ0) is 7.11. The van der Waals surface area contributed by atoms with Gasteiger partial charge in [-0.15, -0.1) is 6.58 Å². The second-order valence-corrected chi connectivity index (χ2v) is 1.75. The molecule has 0 fully saturated rings. The van der Waals surface area contributed by atoms with Crippen LogP contribution in [0.1, 0.15) is 12.8 Å². The lowest BCUT2D eigenvalue weighted by Gasteiger charge is -2.05. The Labute approximate surface area is 55.5 Å². The lowest BCUT2D eigenvalue weighted by Crippen LogP contribution is -2.05. The highest BCUT2D eigenvalue weighted by Crippen LogP contribution is 1.99. The van der Waals surface area contributed by atoms with Crippen LogP contribution in [-0.2, 0) is 9.53 Å². The molecular weight excluding hydrogens is 116 g/mol. The molecule has 9 heavy (non-hydrogen) atoms. The number of ether oxygens (including phenoxy) is 1. The first-order valence-electron chi connectivity index (χ1n) is 2.94. The molecule has 0 aromatic heterocycles. The number of hydrogen-bond donors (Lipinski definition) is 0. The number of methoxy groups -OCH3 is 1. The van der Waals surface area contributed by atoms with Crippen molar-refractivity contribution in [3.05, 3.63) is 12.7 Å². The molecule has 2 nitrogen and oxygen atoms in total. The molecule has 0 rings (SSSR count). The van der Waals surface area contributed by atoms with E-state index in [9.17, 15) is 4.79 Å². The van der Waals surface area contributed by atoms with E-state index in [4.69, 9.17) is 4.74 Å². The van der Waals surface area contributed by atoms with Crippen LogP contribution in [0, 0.1) is 0 Å². The standard InChI is InChI=1S/C7H12O2/c1-3-7(9-2)5-4-6-8/h3,6-7H,1,4-5H2,2H3/t7-/m1/s1. The second-order valence-electron chi connectivity index (χ2n) is 1.75. The van der Waals surface area contributed by atoms with Gasteiger partial charge in [0.15, 0.2) is 0 Å². The van der Waals surface area contributed by atoms with Crippen LogP contribution in [0.15, 0.2) is 12.7 Å². The molecule has 0 saturated heterocycles. The Morgan fingerprint density at radius 3 is 2.78 bits per heavy atom. The third-order valence-electron chi connectivity index (χ3n) is 1.13. The summed E-state index contributed by atoms with van der Waals surface area (Å²) in [5.41, 5.74) is 0. The minimum atomic E-state index is 0.0372. The SMILES string of the molecule is C=C[C@H](CCC=O)OC. The quantitative estimate of drug-likeness (QED) is 0.410. The van der Waals surface area contributed by atoms with Crippen LogP contribution in [0.3, 0.4) is 0 Å². The Hall–Kier alpha value is -0.630. The summed E-state index contributed by atoms with van der Waals surface area (Å²) in [6.45, 7) is 3.54. The van der Waals surface area contributed by atoms with Crippen molar-refractivity contribution in [1.29, 1.82) is 0 Å². The van der Waals surface area contributed by atoms with Gasteiger partial charge >= 0.3 is 0 Å². The van der Waals surface area contributed by atoms with Gasteiger partial charge in [-0.05, 0) is 6.42 Å². The maximum absolute atomic E-state index is 9.85. The molecule has 0 amide bonds. The van der Waals surface area contributed by atoms with Crippen LogP contribution in [0.25, 0.3) is 0 Å². The molecule has 0 spiro atoms. The number of hydrogen-bond acceptors (Lipinski definition) is 2. The van der Waals surface area contributed by atoms with E-state index in [1.54, 1.807) is 13.2 Å². The minimum absolute atomic E-state index is 0.0372. The van der Waals surface area contributed by atoms with E-state index in [-0.39, 0.29) is 6.10 Å². The maximum Gasteiger partial charge on any atom is 0.120 e. The van der Waals surface area contributed by atoms with Gasteiger partial charge in [0.2, 0.25) is 0 Å². The molecule has 0 radical (unpaired) electrons. The second kappa shape index (κ2) is 5.51. The third-order valence-corrected chi connectivity index (χ3v) is 1.13. The molecule has 52 valence electrons. The Morgan fingerprint density at radius 1 is 1.78 bits per heavy atom. The van der Waals surface area contributed by atoms with E-state index < -0.39 is 0 Å². The summed E-state index contributed by atoms with van der Waals surface area (Å²) < 4.78 is 4.92. The average molecular weight is 128 g/mol. The van der Waals surface area contributed by atoms with Gasteiger partial charge < -0.3 is 9.53 Å². The first-order valence-corrected chi connectivity index (χ1v) is 2.94. The zero-order valence-electron chi connectivity index (χ0n) is 5.67. The molecule has 0 heterocycles. The van der Waals surface area contributed by atoms with E-state index in [1.807, 2.05) is 0 Å². The topological polar surface area (TPSA) is 26.3 Å². The van der Waals surface area contributed by atoms with Crippen molar-refractivity contribution in [2.24, 2.45) is 0 Å². The third kappa shape index (κ3) is 3.91. The van der Waals surface area contributed by atoms with Crippen LogP contribution < -0.4 is 0 Å². The maximum atomic E-state index is 9.85. The van der Waals surface area contributed by atoms with Gasteiger partial charge in [-0.3, -0.25) is 0 Å². The Morgan fingerprint density at radius 2 is 2.44 bits per heavy atom. The molecular formula is C7H12O2. The van der Waals surface area contributed by atoms with Gasteiger partial charge in [-0.1, -0.05) is 6.08 Å². The number of aldehydes is 1. The summed E-state index contributed by atoms with van der Waals surface area (Å²) in [6.07, 6.45) is 3.91. The summed E-state index contributed by atoms with van der Waals surface area (Å²) in [7, 11) is 1.61. The summed E-state index contributed by atoms with van der Waals surface area (Å²) in [5.74, 6) is 0. The fourth-order valence-electron chi connectivity index (χ4n) is 0.564. The van der Waals surface area contributed by atoms with Gasteiger partial charge in [0, 0.05) is 13.5 Å². The van der Waals surface area contributed by atoms with Crippen LogP contribution in [0.2, 0.25) is 0 Å². The smallest absolute Gasteiger partial charge is 0.120 e. The van der Waals surface area contributed by atoms with E-state index >= 15 is 0 Å². The van der Waals surface area contributed by atoms with E-state index in [0.29, 0.717) is 6.42 Å². The lowest BCUT2D eigenvalue weighted by atomic mass is 10.2. The van der Waals surface area contributed by atoms with Crippen molar-refractivity contribution in [1.82, 2.24) is 0 Å². The summed E-state index contributed by atoms with van der Waals surface area (Å²) in [5, 5.41) is 0. The molecule has 0 unspecified atom stereocenters. The Bertz CT molecular complexity index is 88.9. The predicted molar refractivity (Wildman–Crippen MR) is 36.3 cm³/mol. The van der Waals surface area contributed by atoms with Crippen molar-refractivity contribution in [3.63, 3.8) is 0 Å². The van der Waals surface area contributed by atoms with Crippen LogP contribution in [0.5, 0.6) is 0 Å². The molecule has 0 bridgehead atoms. The van der Waals surface area contributed by atoms with Crippen molar-refractivity contribution >= 4 is 6.29 Å². The largest absolute Gasteiger partial charge is 0.377 e. The molecule has 1 atom stereocenters. The van der Waals surface area contributed by atoms with Crippen molar-refractivity contribution in [2.45, 2.75) is 18.9 Å². The van der Waals surface area contributed by atoms with E-state index in [1.165, 1.54) is 0 Å². The molecule has 2 heteroatoms. The molecule has 0 aliphatic heterocycles. The molecule has 0 saturated carbocycles. The normalized spacial score (nSPS) is 12.6. The molecule has 0 aromatic rings. The van der Waals surface area contributed by atoms with Crippen molar-refractivity contribution in [2.75, 3.05) is 7.11 Å². The fraction of sp³-hybridized carbons (Fsp3) is 0.571. The average Bonchev–Trinajstić information content (AvgIpc) is 1.91. The van der Waals surface area contributed by atoms with E-state index in [2.05, 4.69) is 6.58 Å². The van der Waals surface area contributed by atoms with E-state index in [0.717, 1.165) is 12.7 Å².